The Morgan fingerprint density at radius 3 is 2.41 bits per heavy atom. The standard InChI is InChI=1S/C12H20N4O/c1-12(2,3)16-6-4-15(5-7-16)10-8-11(17)14-9-13-10/h8-9H,4-7H2,1-3H3,(H,13,14,17). The van der Waals surface area contributed by atoms with Crippen LogP contribution in [0.1, 0.15) is 20.8 Å². The lowest BCUT2D eigenvalue weighted by atomic mass is 10.1. The van der Waals surface area contributed by atoms with Gasteiger partial charge in [-0.15, -0.1) is 0 Å². The molecule has 1 N–H and O–H groups in total. The molecule has 0 aliphatic carbocycles. The molecule has 1 fully saturated rings. The Hall–Kier alpha value is -1.36. The molecule has 5 nitrogen and oxygen atoms in total. The van der Waals surface area contributed by atoms with E-state index in [1.54, 1.807) is 6.07 Å². The molecule has 2 rings (SSSR count). The topological polar surface area (TPSA) is 52.2 Å². The summed E-state index contributed by atoms with van der Waals surface area (Å²) in [5.41, 5.74) is 0.126. The fourth-order valence-corrected chi connectivity index (χ4v) is 2.14. The zero-order valence-electron chi connectivity index (χ0n) is 10.7. The van der Waals surface area contributed by atoms with Crippen LogP contribution in [-0.2, 0) is 0 Å². The number of piperazine rings is 1. The van der Waals surface area contributed by atoms with E-state index in [4.69, 9.17) is 0 Å². The van der Waals surface area contributed by atoms with Crippen molar-refractivity contribution >= 4 is 5.82 Å². The Bertz CT molecular complexity index is 427. The minimum absolute atomic E-state index is 0.0896. The molecule has 1 aliphatic heterocycles. The Morgan fingerprint density at radius 1 is 1.24 bits per heavy atom. The number of nitrogens with one attached hydrogen (secondary N) is 1. The second-order valence-electron chi connectivity index (χ2n) is 5.41. The molecule has 17 heavy (non-hydrogen) atoms. The molecule has 94 valence electrons. The summed E-state index contributed by atoms with van der Waals surface area (Å²) in [5, 5.41) is 0. The van der Waals surface area contributed by atoms with E-state index in [1.165, 1.54) is 6.33 Å². The van der Waals surface area contributed by atoms with Crippen LogP contribution in [-0.4, -0.2) is 46.6 Å². The van der Waals surface area contributed by atoms with Crippen LogP contribution in [0.3, 0.4) is 0 Å². The third kappa shape index (κ3) is 2.85. The van der Waals surface area contributed by atoms with Gasteiger partial charge < -0.3 is 9.88 Å². The largest absolute Gasteiger partial charge is 0.354 e. The van der Waals surface area contributed by atoms with Gasteiger partial charge in [-0.3, -0.25) is 9.69 Å². The van der Waals surface area contributed by atoms with Crippen molar-refractivity contribution in [3.05, 3.63) is 22.7 Å². The summed E-state index contributed by atoms with van der Waals surface area (Å²) >= 11 is 0. The van der Waals surface area contributed by atoms with Gasteiger partial charge >= 0.3 is 0 Å². The molecule has 1 saturated heterocycles. The molecule has 0 aromatic carbocycles. The van der Waals surface area contributed by atoms with Gasteiger partial charge in [-0.1, -0.05) is 0 Å². The van der Waals surface area contributed by atoms with Gasteiger partial charge in [0.25, 0.3) is 5.56 Å². The fraction of sp³-hybridized carbons (Fsp3) is 0.667. The van der Waals surface area contributed by atoms with Crippen LogP contribution in [0.5, 0.6) is 0 Å². The van der Waals surface area contributed by atoms with Gasteiger partial charge in [-0.2, -0.15) is 0 Å². The molecular weight excluding hydrogens is 216 g/mol. The maximum Gasteiger partial charge on any atom is 0.252 e. The minimum Gasteiger partial charge on any atom is -0.354 e. The van der Waals surface area contributed by atoms with Crippen molar-refractivity contribution < 1.29 is 0 Å². The number of H-pyrrole nitrogens is 1. The van der Waals surface area contributed by atoms with Crippen LogP contribution < -0.4 is 10.5 Å². The number of aromatic amines is 1. The third-order valence-corrected chi connectivity index (χ3v) is 3.22. The number of hydrogen-bond acceptors (Lipinski definition) is 4. The zero-order valence-corrected chi connectivity index (χ0v) is 10.7. The van der Waals surface area contributed by atoms with E-state index >= 15 is 0 Å². The van der Waals surface area contributed by atoms with Crippen molar-refractivity contribution in [3.63, 3.8) is 0 Å². The smallest absolute Gasteiger partial charge is 0.252 e. The second kappa shape index (κ2) is 4.49. The number of rotatable bonds is 1. The van der Waals surface area contributed by atoms with Crippen molar-refractivity contribution in [1.82, 2.24) is 14.9 Å². The van der Waals surface area contributed by atoms with Crippen LogP contribution in [0.15, 0.2) is 17.2 Å². The van der Waals surface area contributed by atoms with E-state index in [1.807, 2.05) is 0 Å². The number of anilines is 1. The highest BCUT2D eigenvalue weighted by Gasteiger charge is 2.26. The lowest BCUT2D eigenvalue weighted by Crippen LogP contribution is -2.53. The molecule has 1 aromatic rings. The Kier molecular flexibility index (Phi) is 3.19. The summed E-state index contributed by atoms with van der Waals surface area (Å²) in [7, 11) is 0. The molecule has 2 heterocycles. The van der Waals surface area contributed by atoms with E-state index < -0.39 is 0 Å². The molecule has 1 aromatic heterocycles. The molecule has 0 atom stereocenters. The van der Waals surface area contributed by atoms with Gasteiger partial charge in [0.05, 0.1) is 6.33 Å². The van der Waals surface area contributed by atoms with Crippen molar-refractivity contribution in [1.29, 1.82) is 0 Å². The molecule has 0 spiro atoms. The maximum absolute atomic E-state index is 11.2. The summed E-state index contributed by atoms with van der Waals surface area (Å²) in [6.45, 7) is 10.6. The van der Waals surface area contributed by atoms with Gasteiger partial charge in [0.2, 0.25) is 0 Å². The first-order chi connectivity index (χ1) is 7.97. The predicted molar refractivity (Wildman–Crippen MR) is 68.4 cm³/mol. The molecular formula is C12H20N4O. The molecule has 0 amide bonds. The Morgan fingerprint density at radius 2 is 1.88 bits per heavy atom. The van der Waals surface area contributed by atoms with E-state index in [-0.39, 0.29) is 11.1 Å². The highest BCUT2D eigenvalue weighted by Crippen LogP contribution is 2.18. The van der Waals surface area contributed by atoms with Crippen LogP contribution >= 0.6 is 0 Å². The van der Waals surface area contributed by atoms with Crippen LogP contribution in [0.4, 0.5) is 5.82 Å². The normalized spacial score (nSPS) is 18.4. The summed E-state index contributed by atoms with van der Waals surface area (Å²) in [5.74, 6) is 0.780. The maximum atomic E-state index is 11.2. The van der Waals surface area contributed by atoms with E-state index in [0.717, 1.165) is 32.0 Å². The van der Waals surface area contributed by atoms with Crippen molar-refractivity contribution in [2.45, 2.75) is 26.3 Å². The summed E-state index contributed by atoms with van der Waals surface area (Å²) in [6, 6.07) is 1.56. The first kappa shape index (κ1) is 12.1. The molecule has 5 heteroatoms. The van der Waals surface area contributed by atoms with Crippen LogP contribution in [0.25, 0.3) is 0 Å². The quantitative estimate of drug-likeness (QED) is 0.779. The van der Waals surface area contributed by atoms with E-state index in [2.05, 4.69) is 40.5 Å². The zero-order chi connectivity index (χ0) is 12.5. The summed E-state index contributed by atoms with van der Waals surface area (Å²) in [4.78, 5) is 22.6. The van der Waals surface area contributed by atoms with Crippen molar-refractivity contribution in [2.24, 2.45) is 0 Å². The Balaban J connectivity index is 2.02. The number of aromatic nitrogens is 2. The summed E-state index contributed by atoms with van der Waals surface area (Å²) < 4.78 is 0. The van der Waals surface area contributed by atoms with Gasteiger partial charge in [-0.25, -0.2) is 4.98 Å². The average molecular weight is 236 g/mol. The summed E-state index contributed by atoms with van der Waals surface area (Å²) in [6.07, 6.45) is 1.47. The lowest BCUT2D eigenvalue weighted by Gasteiger charge is -2.42. The van der Waals surface area contributed by atoms with Crippen molar-refractivity contribution in [2.75, 3.05) is 31.1 Å². The van der Waals surface area contributed by atoms with Gasteiger partial charge in [0.15, 0.2) is 0 Å². The van der Waals surface area contributed by atoms with Crippen LogP contribution in [0.2, 0.25) is 0 Å². The number of nitrogens with zero attached hydrogens (tertiary/aromatic N) is 3. The molecule has 1 aliphatic rings. The highest BCUT2D eigenvalue weighted by atomic mass is 16.1. The predicted octanol–water partition coefficient (Wildman–Crippen LogP) is 0.690. The third-order valence-electron chi connectivity index (χ3n) is 3.22. The lowest BCUT2D eigenvalue weighted by molar-refractivity contribution is 0.128. The SMILES string of the molecule is CC(C)(C)N1CCN(c2cc(=O)[nH]cn2)CC1. The van der Waals surface area contributed by atoms with Gasteiger partial charge in [-0.05, 0) is 20.8 Å². The van der Waals surface area contributed by atoms with Crippen molar-refractivity contribution in [3.8, 4) is 0 Å². The fourth-order valence-electron chi connectivity index (χ4n) is 2.14. The Labute approximate surface area is 101 Å². The molecule has 0 saturated carbocycles. The van der Waals surface area contributed by atoms with E-state index in [0.29, 0.717) is 0 Å². The highest BCUT2D eigenvalue weighted by molar-refractivity contribution is 5.37. The first-order valence-corrected chi connectivity index (χ1v) is 6.01. The molecule has 0 radical (unpaired) electrons. The van der Waals surface area contributed by atoms with E-state index in [9.17, 15) is 4.79 Å². The van der Waals surface area contributed by atoms with Crippen LogP contribution in [0, 0.1) is 0 Å². The molecule has 0 bridgehead atoms. The van der Waals surface area contributed by atoms with Gasteiger partial charge in [0.1, 0.15) is 5.82 Å². The minimum atomic E-state index is -0.0896. The van der Waals surface area contributed by atoms with Gasteiger partial charge in [0, 0.05) is 37.8 Å². The molecule has 0 unspecified atom stereocenters. The first-order valence-electron chi connectivity index (χ1n) is 6.01. The number of hydrogen-bond donors (Lipinski definition) is 1. The second-order valence-corrected chi connectivity index (χ2v) is 5.41. The monoisotopic (exact) mass is 236 g/mol. The average Bonchev–Trinajstić information content (AvgIpc) is 2.28.